The molecule has 1 aliphatic rings. The van der Waals surface area contributed by atoms with Gasteiger partial charge < -0.3 is 14.6 Å². The Kier molecular flexibility index (Phi) is 12.8. The van der Waals surface area contributed by atoms with Crippen molar-refractivity contribution in [3.8, 4) is 0 Å². The van der Waals surface area contributed by atoms with Gasteiger partial charge in [-0.2, -0.15) is 0 Å². The van der Waals surface area contributed by atoms with Gasteiger partial charge in [-0.25, -0.2) is 0 Å². The molecular weight excluding hydrogens is 324 g/mol. The fraction of sp³-hybridized carbons (Fsp3) is 0.826. The third-order valence-electron chi connectivity index (χ3n) is 5.73. The molecule has 0 bridgehead atoms. The monoisotopic (exact) mass is 366 g/mol. The first-order valence-electron chi connectivity index (χ1n) is 10.8. The van der Waals surface area contributed by atoms with E-state index in [0.717, 1.165) is 18.6 Å². The Bertz CT molecular complexity index is 402. The van der Waals surface area contributed by atoms with Crippen molar-refractivity contribution in [1.82, 2.24) is 0 Å². The maximum Gasteiger partial charge on any atom is 0.125 e. The van der Waals surface area contributed by atoms with Gasteiger partial charge in [0.2, 0.25) is 0 Å². The van der Waals surface area contributed by atoms with Crippen LogP contribution in [0.4, 0.5) is 0 Å². The molecule has 0 amide bonds. The molecule has 1 aliphatic carbocycles. The standard InChI is InChI=1S/C23H42O3/c1-4-5-6-7-8-9-10-11-12-13-14-15-18-23(20-24)19-16-17-21(25-2)22(23)26-3/h16-17,19,22,24H,4-15,18,20H2,1-3H3. The van der Waals surface area contributed by atoms with Gasteiger partial charge in [0.25, 0.3) is 0 Å². The normalized spacial score (nSPS) is 22.5. The van der Waals surface area contributed by atoms with Crippen LogP contribution < -0.4 is 0 Å². The number of hydrogen-bond donors (Lipinski definition) is 1. The summed E-state index contributed by atoms with van der Waals surface area (Å²) in [4.78, 5) is 0. The third-order valence-corrected chi connectivity index (χ3v) is 5.73. The minimum Gasteiger partial charge on any atom is -0.498 e. The van der Waals surface area contributed by atoms with Gasteiger partial charge in [-0.05, 0) is 12.5 Å². The molecular formula is C23H42O3. The number of ether oxygens (including phenoxy) is 2. The zero-order valence-electron chi connectivity index (χ0n) is 17.5. The van der Waals surface area contributed by atoms with Crippen LogP contribution >= 0.6 is 0 Å². The van der Waals surface area contributed by atoms with Gasteiger partial charge in [0.1, 0.15) is 11.9 Å². The molecule has 0 aromatic carbocycles. The van der Waals surface area contributed by atoms with E-state index >= 15 is 0 Å². The van der Waals surface area contributed by atoms with E-state index in [-0.39, 0.29) is 18.1 Å². The van der Waals surface area contributed by atoms with Crippen molar-refractivity contribution >= 4 is 0 Å². The number of hydrogen-bond acceptors (Lipinski definition) is 3. The Balaban J connectivity index is 2.14. The van der Waals surface area contributed by atoms with Gasteiger partial charge >= 0.3 is 0 Å². The van der Waals surface area contributed by atoms with Crippen LogP contribution in [0.25, 0.3) is 0 Å². The van der Waals surface area contributed by atoms with E-state index in [1.807, 2.05) is 12.2 Å². The van der Waals surface area contributed by atoms with Gasteiger partial charge in [-0.15, -0.1) is 0 Å². The van der Waals surface area contributed by atoms with Crippen molar-refractivity contribution in [1.29, 1.82) is 0 Å². The molecule has 152 valence electrons. The van der Waals surface area contributed by atoms with Crippen LogP contribution in [-0.2, 0) is 9.47 Å². The highest BCUT2D eigenvalue weighted by Crippen LogP contribution is 2.38. The lowest BCUT2D eigenvalue weighted by Crippen LogP contribution is -2.41. The molecule has 1 N–H and O–H groups in total. The minimum absolute atomic E-state index is 0.0980. The maximum absolute atomic E-state index is 10.0. The molecule has 3 nitrogen and oxygen atoms in total. The van der Waals surface area contributed by atoms with Crippen molar-refractivity contribution in [2.75, 3.05) is 20.8 Å². The van der Waals surface area contributed by atoms with Crippen molar-refractivity contribution in [3.63, 3.8) is 0 Å². The van der Waals surface area contributed by atoms with E-state index < -0.39 is 0 Å². The molecule has 0 radical (unpaired) electrons. The predicted molar refractivity (Wildman–Crippen MR) is 110 cm³/mol. The highest BCUT2D eigenvalue weighted by Gasteiger charge is 2.40. The molecule has 26 heavy (non-hydrogen) atoms. The molecule has 0 aromatic heterocycles. The number of aliphatic hydroxyl groups excluding tert-OH is 1. The van der Waals surface area contributed by atoms with Crippen molar-refractivity contribution < 1.29 is 14.6 Å². The van der Waals surface area contributed by atoms with Crippen LogP contribution in [0.1, 0.15) is 90.4 Å². The summed E-state index contributed by atoms with van der Waals surface area (Å²) in [6.07, 6.45) is 22.9. The number of unbranched alkanes of at least 4 members (excludes halogenated alkanes) is 11. The molecule has 0 saturated heterocycles. The van der Waals surface area contributed by atoms with Crippen LogP contribution in [0, 0.1) is 5.41 Å². The maximum atomic E-state index is 10.0. The number of aliphatic hydroxyl groups is 1. The summed E-state index contributed by atoms with van der Waals surface area (Å²) in [5, 5.41) is 10.0. The lowest BCUT2D eigenvalue weighted by atomic mass is 9.74. The molecule has 1 rings (SSSR count). The molecule has 0 aliphatic heterocycles. The zero-order valence-corrected chi connectivity index (χ0v) is 17.5. The van der Waals surface area contributed by atoms with E-state index in [4.69, 9.17) is 9.47 Å². The van der Waals surface area contributed by atoms with Crippen molar-refractivity contribution in [2.24, 2.45) is 5.41 Å². The minimum atomic E-state index is -0.340. The van der Waals surface area contributed by atoms with E-state index in [9.17, 15) is 5.11 Å². The van der Waals surface area contributed by atoms with Gasteiger partial charge in [0.15, 0.2) is 0 Å². The summed E-state index contributed by atoms with van der Waals surface area (Å²) in [6.45, 7) is 2.37. The van der Waals surface area contributed by atoms with E-state index in [1.54, 1.807) is 14.2 Å². The molecule has 3 heteroatoms. The Morgan fingerprint density at radius 1 is 0.885 bits per heavy atom. The first-order chi connectivity index (χ1) is 12.7. The Morgan fingerprint density at radius 2 is 1.42 bits per heavy atom. The summed E-state index contributed by atoms with van der Waals surface area (Å²) < 4.78 is 11.1. The Hall–Kier alpha value is -0.800. The number of rotatable bonds is 16. The molecule has 2 atom stereocenters. The zero-order chi connectivity index (χ0) is 19.1. The second-order valence-corrected chi connectivity index (χ2v) is 7.78. The van der Waals surface area contributed by atoms with Crippen molar-refractivity contribution in [3.05, 3.63) is 24.0 Å². The van der Waals surface area contributed by atoms with Gasteiger partial charge in [-0.3, -0.25) is 0 Å². The lowest BCUT2D eigenvalue weighted by Gasteiger charge is -2.38. The highest BCUT2D eigenvalue weighted by molar-refractivity contribution is 5.26. The van der Waals surface area contributed by atoms with Crippen LogP contribution in [0.15, 0.2) is 24.0 Å². The molecule has 2 unspecified atom stereocenters. The second kappa shape index (κ2) is 14.3. The van der Waals surface area contributed by atoms with E-state index in [1.165, 1.54) is 70.6 Å². The summed E-state index contributed by atoms with van der Waals surface area (Å²) >= 11 is 0. The lowest BCUT2D eigenvalue weighted by molar-refractivity contribution is -0.0295. The average molecular weight is 367 g/mol. The fourth-order valence-corrected chi connectivity index (χ4v) is 4.04. The molecule has 0 heterocycles. The van der Waals surface area contributed by atoms with Gasteiger partial charge in [0.05, 0.1) is 13.7 Å². The van der Waals surface area contributed by atoms with Crippen LogP contribution in [-0.4, -0.2) is 32.0 Å². The second-order valence-electron chi connectivity index (χ2n) is 7.78. The molecule has 0 spiro atoms. The predicted octanol–water partition coefficient (Wildman–Crippen LogP) is 6.17. The number of allylic oxidation sites excluding steroid dienone is 2. The van der Waals surface area contributed by atoms with Gasteiger partial charge in [-0.1, -0.05) is 96.1 Å². The number of methoxy groups -OCH3 is 2. The summed E-state index contributed by atoms with van der Waals surface area (Å²) in [5.41, 5.74) is -0.340. The summed E-state index contributed by atoms with van der Waals surface area (Å²) in [5.74, 6) is 0.808. The largest absolute Gasteiger partial charge is 0.498 e. The first-order valence-corrected chi connectivity index (χ1v) is 10.8. The van der Waals surface area contributed by atoms with Gasteiger partial charge in [0, 0.05) is 12.5 Å². The molecule has 0 fully saturated rings. The van der Waals surface area contributed by atoms with Crippen LogP contribution in [0.3, 0.4) is 0 Å². The third kappa shape index (κ3) is 7.84. The Labute approximate surface area is 161 Å². The Morgan fingerprint density at radius 3 is 1.88 bits per heavy atom. The highest BCUT2D eigenvalue weighted by atomic mass is 16.5. The first kappa shape index (κ1) is 23.2. The smallest absolute Gasteiger partial charge is 0.125 e. The van der Waals surface area contributed by atoms with E-state index in [2.05, 4.69) is 13.0 Å². The quantitative estimate of drug-likeness (QED) is 0.332. The SMILES string of the molecule is CCCCCCCCCCCCCCC1(CO)C=CC=C(OC)C1OC. The van der Waals surface area contributed by atoms with E-state index in [0.29, 0.717) is 0 Å². The summed E-state index contributed by atoms with van der Waals surface area (Å²) in [7, 11) is 3.37. The summed E-state index contributed by atoms with van der Waals surface area (Å²) in [6, 6.07) is 0. The fourth-order valence-electron chi connectivity index (χ4n) is 4.04. The molecule has 0 saturated carbocycles. The van der Waals surface area contributed by atoms with Crippen LogP contribution in [0.2, 0.25) is 0 Å². The average Bonchev–Trinajstić information content (AvgIpc) is 2.68. The van der Waals surface area contributed by atoms with Crippen molar-refractivity contribution in [2.45, 2.75) is 96.5 Å². The molecule has 0 aromatic rings. The van der Waals surface area contributed by atoms with Crippen LogP contribution in [0.5, 0.6) is 0 Å². The topological polar surface area (TPSA) is 38.7 Å².